The van der Waals surface area contributed by atoms with E-state index in [2.05, 4.69) is 5.10 Å². The fourth-order valence-electron chi connectivity index (χ4n) is 1.62. The van der Waals surface area contributed by atoms with E-state index in [1.165, 1.54) is 0 Å². The topological polar surface area (TPSA) is 70.1 Å². The van der Waals surface area contributed by atoms with Crippen molar-refractivity contribution >= 4 is 5.91 Å². The Balaban J connectivity index is 2.34. The molecule has 18 heavy (non-hydrogen) atoms. The molecule has 0 aliphatic rings. The second-order valence-corrected chi connectivity index (χ2v) is 4.06. The van der Waals surface area contributed by atoms with Crippen molar-refractivity contribution in [2.24, 2.45) is 12.8 Å². The first-order valence-corrected chi connectivity index (χ1v) is 5.62. The van der Waals surface area contributed by atoms with E-state index in [1.807, 2.05) is 37.5 Å². The fourth-order valence-corrected chi connectivity index (χ4v) is 1.62. The van der Waals surface area contributed by atoms with Crippen LogP contribution in [0.25, 0.3) is 11.1 Å². The van der Waals surface area contributed by atoms with Gasteiger partial charge < -0.3 is 10.5 Å². The van der Waals surface area contributed by atoms with Crippen molar-refractivity contribution in [3.05, 3.63) is 36.7 Å². The molecule has 1 unspecified atom stereocenters. The largest absolute Gasteiger partial charge is 0.480 e. The Morgan fingerprint density at radius 3 is 2.78 bits per heavy atom. The monoisotopic (exact) mass is 245 g/mol. The molecule has 0 saturated carbocycles. The highest BCUT2D eigenvalue weighted by molar-refractivity contribution is 5.79. The van der Waals surface area contributed by atoms with Crippen LogP contribution in [0.1, 0.15) is 6.92 Å². The molecule has 5 nitrogen and oxygen atoms in total. The average molecular weight is 245 g/mol. The number of amides is 1. The van der Waals surface area contributed by atoms with Gasteiger partial charge in [0, 0.05) is 24.4 Å². The summed E-state index contributed by atoms with van der Waals surface area (Å²) in [4.78, 5) is 11.0. The van der Waals surface area contributed by atoms with Gasteiger partial charge in [0.25, 0.3) is 5.91 Å². The van der Waals surface area contributed by atoms with Gasteiger partial charge in [-0.2, -0.15) is 5.10 Å². The normalized spacial score (nSPS) is 12.1. The summed E-state index contributed by atoms with van der Waals surface area (Å²) in [6.45, 7) is 1.63. The van der Waals surface area contributed by atoms with Gasteiger partial charge in [-0.1, -0.05) is 18.2 Å². The molecule has 1 atom stereocenters. The summed E-state index contributed by atoms with van der Waals surface area (Å²) < 4.78 is 7.27. The van der Waals surface area contributed by atoms with E-state index in [4.69, 9.17) is 10.5 Å². The summed E-state index contributed by atoms with van der Waals surface area (Å²) in [5.41, 5.74) is 7.02. The second-order valence-electron chi connectivity index (χ2n) is 4.06. The molecule has 1 heterocycles. The third kappa shape index (κ3) is 2.51. The molecule has 0 radical (unpaired) electrons. The van der Waals surface area contributed by atoms with Crippen molar-refractivity contribution in [3.8, 4) is 16.9 Å². The molecule has 0 bridgehead atoms. The van der Waals surface area contributed by atoms with Crippen LogP contribution in [-0.4, -0.2) is 21.8 Å². The maximum absolute atomic E-state index is 11.0. The Morgan fingerprint density at radius 1 is 1.44 bits per heavy atom. The lowest BCUT2D eigenvalue weighted by Crippen LogP contribution is -2.30. The van der Waals surface area contributed by atoms with Crippen molar-refractivity contribution in [2.75, 3.05) is 0 Å². The minimum Gasteiger partial charge on any atom is -0.480 e. The molecule has 1 aromatic carbocycles. The number of carbonyl (C=O) groups is 1. The lowest BCUT2D eigenvalue weighted by atomic mass is 10.1. The molecule has 0 aliphatic carbocycles. The number of hydrogen-bond donors (Lipinski definition) is 1. The van der Waals surface area contributed by atoms with E-state index in [0.29, 0.717) is 5.75 Å². The predicted octanol–water partition coefficient (Wildman–Crippen LogP) is 1.34. The van der Waals surface area contributed by atoms with Crippen LogP contribution in [0.4, 0.5) is 0 Å². The number of aromatic nitrogens is 2. The first-order valence-electron chi connectivity index (χ1n) is 5.62. The highest BCUT2D eigenvalue weighted by atomic mass is 16.5. The lowest BCUT2D eigenvalue weighted by Gasteiger charge is -2.14. The summed E-state index contributed by atoms with van der Waals surface area (Å²) in [6.07, 6.45) is 2.97. The smallest absolute Gasteiger partial charge is 0.258 e. The summed E-state index contributed by atoms with van der Waals surface area (Å²) in [7, 11) is 1.85. The van der Waals surface area contributed by atoms with Crippen LogP contribution in [0.5, 0.6) is 5.75 Å². The summed E-state index contributed by atoms with van der Waals surface area (Å²) in [5, 5.41) is 4.12. The van der Waals surface area contributed by atoms with E-state index in [-0.39, 0.29) is 0 Å². The van der Waals surface area contributed by atoms with Crippen molar-refractivity contribution in [1.82, 2.24) is 9.78 Å². The summed E-state index contributed by atoms with van der Waals surface area (Å²) in [6, 6.07) is 7.48. The standard InChI is InChI=1S/C13H15N3O2/c1-9(13(14)17)18-12-6-4-3-5-11(12)10-7-15-16(2)8-10/h3-9H,1-2H3,(H2,14,17). The zero-order valence-electron chi connectivity index (χ0n) is 10.3. The van der Waals surface area contributed by atoms with E-state index < -0.39 is 12.0 Å². The first-order chi connectivity index (χ1) is 8.58. The van der Waals surface area contributed by atoms with Gasteiger partial charge in [0.15, 0.2) is 6.10 Å². The van der Waals surface area contributed by atoms with Crippen molar-refractivity contribution < 1.29 is 9.53 Å². The van der Waals surface area contributed by atoms with E-state index in [9.17, 15) is 4.79 Å². The fraction of sp³-hybridized carbons (Fsp3) is 0.231. The van der Waals surface area contributed by atoms with E-state index in [1.54, 1.807) is 17.8 Å². The molecule has 0 aliphatic heterocycles. The van der Waals surface area contributed by atoms with Crippen LogP contribution in [0.2, 0.25) is 0 Å². The average Bonchev–Trinajstić information content (AvgIpc) is 2.76. The number of primary amides is 1. The number of nitrogens with two attached hydrogens (primary N) is 1. The van der Waals surface area contributed by atoms with Crippen LogP contribution < -0.4 is 10.5 Å². The molecule has 1 amide bonds. The zero-order chi connectivity index (χ0) is 13.1. The number of rotatable bonds is 4. The van der Waals surface area contributed by atoms with Crippen molar-refractivity contribution in [1.29, 1.82) is 0 Å². The minimum absolute atomic E-state index is 0.490. The van der Waals surface area contributed by atoms with Crippen LogP contribution in [-0.2, 0) is 11.8 Å². The summed E-state index contributed by atoms with van der Waals surface area (Å²) >= 11 is 0. The van der Waals surface area contributed by atoms with E-state index >= 15 is 0 Å². The second kappa shape index (κ2) is 4.91. The van der Waals surface area contributed by atoms with Crippen molar-refractivity contribution in [2.45, 2.75) is 13.0 Å². The van der Waals surface area contributed by atoms with E-state index in [0.717, 1.165) is 11.1 Å². The Hall–Kier alpha value is -2.30. The Morgan fingerprint density at radius 2 is 2.17 bits per heavy atom. The molecule has 2 N–H and O–H groups in total. The van der Waals surface area contributed by atoms with Crippen LogP contribution in [0.15, 0.2) is 36.7 Å². The molecular formula is C13H15N3O2. The number of benzene rings is 1. The van der Waals surface area contributed by atoms with Gasteiger partial charge in [0.1, 0.15) is 5.75 Å². The Bertz CT molecular complexity index is 563. The van der Waals surface area contributed by atoms with Gasteiger partial charge in [-0.15, -0.1) is 0 Å². The molecule has 1 aromatic heterocycles. The highest BCUT2D eigenvalue weighted by Crippen LogP contribution is 2.29. The maximum atomic E-state index is 11.0. The van der Waals surface area contributed by atoms with Gasteiger partial charge in [-0.25, -0.2) is 0 Å². The number of para-hydroxylation sites is 1. The molecule has 2 rings (SSSR count). The highest BCUT2D eigenvalue weighted by Gasteiger charge is 2.14. The molecule has 0 fully saturated rings. The zero-order valence-corrected chi connectivity index (χ0v) is 10.3. The Kier molecular flexibility index (Phi) is 3.32. The van der Waals surface area contributed by atoms with Gasteiger partial charge in [0.05, 0.1) is 6.20 Å². The van der Waals surface area contributed by atoms with Gasteiger partial charge >= 0.3 is 0 Å². The molecule has 5 heteroatoms. The quantitative estimate of drug-likeness (QED) is 0.883. The number of nitrogens with zero attached hydrogens (tertiary/aromatic N) is 2. The number of ether oxygens (including phenoxy) is 1. The Labute approximate surface area is 105 Å². The number of aryl methyl sites for hydroxylation is 1. The van der Waals surface area contributed by atoms with Gasteiger partial charge in [-0.3, -0.25) is 9.48 Å². The van der Waals surface area contributed by atoms with Gasteiger partial charge in [-0.05, 0) is 13.0 Å². The first kappa shape index (κ1) is 12.2. The predicted molar refractivity (Wildman–Crippen MR) is 67.9 cm³/mol. The van der Waals surface area contributed by atoms with Crippen LogP contribution >= 0.6 is 0 Å². The van der Waals surface area contributed by atoms with Crippen LogP contribution in [0.3, 0.4) is 0 Å². The molecule has 0 saturated heterocycles. The SMILES string of the molecule is CC(Oc1ccccc1-c1cnn(C)c1)C(N)=O. The minimum atomic E-state index is -0.664. The van der Waals surface area contributed by atoms with Crippen molar-refractivity contribution in [3.63, 3.8) is 0 Å². The number of carbonyl (C=O) groups excluding carboxylic acids is 1. The molecular weight excluding hydrogens is 230 g/mol. The molecule has 94 valence electrons. The summed E-state index contributed by atoms with van der Waals surface area (Å²) in [5.74, 6) is 0.132. The lowest BCUT2D eigenvalue weighted by molar-refractivity contribution is -0.123. The molecule has 0 spiro atoms. The van der Waals surface area contributed by atoms with Crippen LogP contribution in [0, 0.1) is 0 Å². The van der Waals surface area contributed by atoms with Gasteiger partial charge in [0.2, 0.25) is 0 Å². The number of hydrogen-bond acceptors (Lipinski definition) is 3. The third-order valence-corrected chi connectivity index (χ3v) is 2.61. The third-order valence-electron chi connectivity index (χ3n) is 2.61. The maximum Gasteiger partial charge on any atom is 0.258 e. The molecule has 2 aromatic rings.